The van der Waals surface area contributed by atoms with Crippen LogP contribution < -0.4 is 0 Å². The largest absolute Gasteiger partial charge is 0.381 e. The number of amides is 7. The maximum absolute atomic E-state index is 13.8. The van der Waals surface area contributed by atoms with Gasteiger partial charge in [-0.25, -0.2) is 9.59 Å². The first kappa shape index (κ1) is 29.0. The first-order valence-corrected chi connectivity index (χ1v) is 17.1. The van der Waals surface area contributed by atoms with E-state index in [0.717, 1.165) is 47.8 Å². The minimum absolute atomic E-state index is 0.0853. The highest BCUT2D eigenvalue weighted by molar-refractivity contribution is 8.22. The van der Waals surface area contributed by atoms with Gasteiger partial charge in [0.2, 0.25) is 0 Å². The number of urea groups is 2. The number of nitrogens with zero attached hydrogens (tertiary/aromatic N) is 4. The van der Waals surface area contributed by atoms with Gasteiger partial charge in [0.15, 0.2) is 0 Å². The molecule has 6 fully saturated rings. The normalized spacial score (nSPS) is 34.6. The number of thioether (sulfide) groups is 2. The number of barbiturate groups is 1. The summed E-state index contributed by atoms with van der Waals surface area (Å²) in [7, 11) is 1.58. The number of carbonyl (C=O) groups is 5. The second-order valence-electron chi connectivity index (χ2n) is 12.6. The lowest BCUT2D eigenvalue weighted by Crippen LogP contribution is -2.66. The summed E-state index contributed by atoms with van der Waals surface area (Å²) in [5, 5.41) is 0. The van der Waals surface area contributed by atoms with Gasteiger partial charge in [-0.15, -0.1) is 23.5 Å². The van der Waals surface area contributed by atoms with Gasteiger partial charge in [-0.05, 0) is 74.7 Å². The molecule has 0 N–H and O–H groups in total. The topological polar surface area (TPSA) is 108 Å². The summed E-state index contributed by atoms with van der Waals surface area (Å²) < 4.78 is 6.28. The molecule has 1 atom stereocenters. The van der Waals surface area contributed by atoms with Crippen LogP contribution in [0, 0.1) is 11.3 Å². The second kappa shape index (κ2) is 11.2. The van der Waals surface area contributed by atoms with Crippen molar-refractivity contribution in [1.82, 2.24) is 19.6 Å². The van der Waals surface area contributed by atoms with Crippen molar-refractivity contribution in [2.24, 2.45) is 11.3 Å². The lowest BCUT2D eigenvalue weighted by molar-refractivity contribution is -0.151. The molecule has 6 aliphatic rings. The Labute approximate surface area is 249 Å². The fraction of sp³-hybridized carbons (Fsp3) is 0.759. The summed E-state index contributed by atoms with van der Waals surface area (Å²) in [6.45, 7) is 4.19. The van der Waals surface area contributed by atoms with Gasteiger partial charge in [-0.2, -0.15) is 0 Å². The van der Waals surface area contributed by atoms with E-state index in [0.29, 0.717) is 58.4 Å². The number of carbonyl (C=O) groups excluding carboxylic acids is 5. The summed E-state index contributed by atoms with van der Waals surface area (Å²) in [5.74, 6) is 0.976. The summed E-state index contributed by atoms with van der Waals surface area (Å²) >= 11 is 3.10. The van der Waals surface area contributed by atoms with Gasteiger partial charge in [0.05, 0.1) is 10.8 Å². The molecule has 12 heteroatoms. The molecule has 0 aromatic carbocycles. The van der Waals surface area contributed by atoms with Gasteiger partial charge in [0.25, 0.3) is 17.7 Å². The highest BCUT2D eigenvalue weighted by Gasteiger charge is 2.68. The number of rotatable bonds is 6. The number of hydrogen-bond acceptors (Lipinski definition) is 8. The minimum atomic E-state index is -0.783. The van der Waals surface area contributed by atoms with Gasteiger partial charge in [0, 0.05) is 38.7 Å². The third-order valence-electron chi connectivity index (χ3n) is 9.94. The van der Waals surface area contributed by atoms with E-state index in [1.54, 1.807) is 35.5 Å². The van der Waals surface area contributed by atoms with Gasteiger partial charge in [0.1, 0.15) is 11.1 Å². The lowest BCUT2D eigenvalue weighted by Gasteiger charge is -2.59. The van der Waals surface area contributed by atoms with Crippen LogP contribution in [-0.4, -0.2) is 106 Å². The van der Waals surface area contributed by atoms with Crippen molar-refractivity contribution in [2.45, 2.75) is 82.7 Å². The monoisotopic (exact) mass is 604 g/mol. The van der Waals surface area contributed by atoms with Gasteiger partial charge >= 0.3 is 12.1 Å². The van der Waals surface area contributed by atoms with Crippen LogP contribution in [-0.2, 0) is 19.1 Å². The van der Waals surface area contributed by atoms with Crippen LogP contribution >= 0.6 is 23.5 Å². The first-order chi connectivity index (χ1) is 19.7. The van der Waals surface area contributed by atoms with E-state index in [2.05, 4.69) is 0 Å². The van der Waals surface area contributed by atoms with E-state index in [1.165, 1.54) is 14.7 Å². The van der Waals surface area contributed by atoms with Crippen LogP contribution in [0.25, 0.3) is 0 Å². The fourth-order valence-corrected chi connectivity index (χ4v) is 10.3. The van der Waals surface area contributed by atoms with Gasteiger partial charge < -0.3 is 9.64 Å². The molecule has 7 amide bonds. The predicted octanol–water partition coefficient (Wildman–Crippen LogP) is 4.05. The van der Waals surface area contributed by atoms with Crippen molar-refractivity contribution in [3.8, 4) is 0 Å². The molecule has 0 aromatic heterocycles. The van der Waals surface area contributed by atoms with Gasteiger partial charge in [-0.3, -0.25) is 29.1 Å². The lowest BCUT2D eigenvalue weighted by atomic mass is 9.51. The van der Waals surface area contributed by atoms with Crippen molar-refractivity contribution in [3.63, 3.8) is 0 Å². The van der Waals surface area contributed by atoms with E-state index >= 15 is 0 Å². The fourth-order valence-electron chi connectivity index (χ4n) is 7.71. The molecule has 0 radical (unpaired) electrons. The number of likely N-dealkylation sites (N-methyl/N-ethyl adjacent to an activating group) is 1. The average molecular weight is 605 g/mol. The maximum Gasteiger partial charge on any atom is 0.334 e. The van der Waals surface area contributed by atoms with E-state index in [9.17, 15) is 24.0 Å². The minimum Gasteiger partial charge on any atom is -0.381 e. The molecular formula is C29H40N4O6S2. The molecule has 2 aliphatic carbocycles. The molecule has 0 unspecified atom stereocenters. The molecule has 4 heterocycles. The van der Waals surface area contributed by atoms with Crippen LogP contribution in [0.4, 0.5) is 9.59 Å². The molecule has 2 spiro atoms. The van der Waals surface area contributed by atoms with Crippen molar-refractivity contribution in [1.29, 1.82) is 0 Å². The Morgan fingerprint density at radius 2 is 1.66 bits per heavy atom. The molecule has 0 bridgehead atoms. The Kier molecular flexibility index (Phi) is 7.95. The zero-order chi connectivity index (χ0) is 28.9. The molecular weight excluding hydrogens is 564 g/mol. The maximum atomic E-state index is 13.8. The summed E-state index contributed by atoms with van der Waals surface area (Å²) in [6.07, 6.45) is 7.55. The molecule has 10 nitrogen and oxygen atoms in total. The predicted molar refractivity (Wildman–Crippen MR) is 156 cm³/mol. The molecule has 41 heavy (non-hydrogen) atoms. The quantitative estimate of drug-likeness (QED) is 0.254. The van der Waals surface area contributed by atoms with E-state index in [4.69, 9.17) is 4.74 Å². The Morgan fingerprint density at radius 3 is 2.29 bits per heavy atom. The number of ether oxygens (including phenoxy) is 1. The zero-order valence-corrected chi connectivity index (χ0v) is 25.7. The van der Waals surface area contributed by atoms with Crippen LogP contribution in [0.2, 0.25) is 0 Å². The molecule has 4 saturated heterocycles. The zero-order valence-electron chi connectivity index (χ0n) is 24.0. The Hall–Kier alpha value is -2.05. The van der Waals surface area contributed by atoms with Crippen molar-refractivity contribution in [2.75, 3.05) is 44.9 Å². The van der Waals surface area contributed by atoms with Crippen molar-refractivity contribution < 1.29 is 28.7 Å². The molecule has 2 saturated carbocycles. The van der Waals surface area contributed by atoms with Crippen LogP contribution in [0.3, 0.4) is 0 Å². The highest BCUT2D eigenvalue weighted by Crippen LogP contribution is 2.61. The van der Waals surface area contributed by atoms with Crippen LogP contribution in [0.1, 0.15) is 71.1 Å². The smallest absolute Gasteiger partial charge is 0.334 e. The van der Waals surface area contributed by atoms with Crippen molar-refractivity contribution >= 4 is 53.3 Å². The Balaban J connectivity index is 1.18. The summed E-state index contributed by atoms with van der Waals surface area (Å²) in [4.78, 5) is 73.0. The highest BCUT2D eigenvalue weighted by atomic mass is 32.2. The van der Waals surface area contributed by atoms with Gasteiger partial charge in [-0.1, -0.05) is 13.3 Å². The molecule has 4 aliphatic heterocycles. The van der Waals surface area contributed by atoms with Crippen LogP contribution in [0.15, 0.2) is 9.81 Å². The van der Waals surface area contributed by atoms with E-state index < -0.39 is 23.4 Å². The third kappa shape index (κ3) is 4.81. The molecule has 224 valence electrons. The number of unbranched alkanes of at least 4 members (excludes halogenated alkanes) is 1. The molecule has 6 rings (SSSR count). The Bertz CT molecular complexity index is 1160. The number of hydrogen-bond donors (Lipinski definition) is 0. The van der Waals surface area contributed by atoms with Crippen LogP contribution in [0.5, 0.6) is 0 Å². The first-order valence-electron chi connectivity index (χ1n) is 15.1. The standard InChI is InChI=1S/C29H40N4O6S2/c1-3-4-11-31-22(34)21(24-40-13-5-14-41-24)23(35)33(27(31)38)20-6-9-28(10-7-20)17-29(18-28)25(36)30(2)26(37)32(29)15-19-8-12-39-16-19/h19-20H,3-18H2,1-2H3/t19-,20?,28?,29?/m0/s1. The second-order valence-corrected chi connectivity index (χ2v) is 15.1. The van der Waals surface area contributed by atoms with Crippen molar-refractivity contribution in [3.05, 3.63) is 9.81 Å². The third-order valence-corrected chi connectivity index (χ3v) is 12.6. The summed E-state index contributed by atoms with van der Waals surface area (Å²) in [6, 6.07) is -0.984. The Morgan fingerprint density at radius 1 is 0.951 bits per heavy atom. The SMILES string of the molecule is CCCCN1C(=O)C(=C2SCCCS2)C(=O)N(C2CCC3(CC2)CC2(C3)C(=O)N(C)C(=O)N2C[C@@H]2CCOC2)C1=O. The average Bonchev–Trinajstić information content (AvgIpc) is 3.53. The van der Waals surface area contributed by atoms with E-state index in [1.807, 2.05) is 6.92 Å². The van der Waals surface area contributed by atoms with E-state index in [-0.39, 0.29) is 34.9 Å². The number of imide groups is 3. The summed E-state index contributed by atoms with van der Waals surface area (Å²) in [5.41, 5.74) is -0.699. The molecule has 0 aromatic rings.